The van der Waals surface area contributed by atoms with Crippen LogP contribution in [0, 0.1) is 0 Å². The van der Waals surface area contributed by atoms with Gasteiger partial charge in [-0.1, -0.05) is 48.5 Å². The average molecular weight is 483 g/mol. The van der Waals surface area contributed by atoms with Gasteiger partial charge in [0, 0.05) is 0 Å². The maximum Gasteiger partial charge on any atom is 2.00 e. The molecule has 2 aromatic carbocycles. The number of fused-ring (bicyclic) bond motifs is 1. The summed E-state index contributed by atoms with van der Waals surface area (Å²) in [6, 6.07) is 16.7. The first kappa shape index (κ1) is 16.2. The number of benzene rings is 2. The topological polar surface area (TPSA) is 0 Å². The molecular weight excluding hydrogens is 475 g/mol. The molecule has 0 heterocycles. The molecule has 0 aromatic heterocycles. The predicted molar refractivity (Wildman–Crippen MR) is 43.9 cm³/mol. The van der Waals surface area contributed by atoms with Crippen LogP contribution in [0.1, 0.15) is 0 Å². The van der Waals surface area contributed by atoms with Gasteiger partial charge in [-0.05, 0) is 10.8 Å². The summed E-state index contributed by atoms with van der Waals surface area (Å²) >= 11 is 0. The summed E-state index contributed by atoms with van der Waals surface area (Å²) in [5.74, 6) is 0. The number of rotatable bonds is 0. The second-order valence-electron chi connectivity index (χ2n) is 2.35. The van der Waals surface area contributed by atoms with Crippen molar-refractivity contribution in [1.29, 1.82) is 0 Å². The standard InChI is InChI=1S/C10H8.2HI.Ru/c1-2-6-10-8-4-3-7-9(10)5-1;;;/h1-8H;2*1H;/q;;;+2/p-2. The smallest absolute Gasteiger partial charge is 1.00 e. The van der Waals surface area contributed by atoms with Gasteiger partial charge in [-0.25, -0.2) is 0 Å². The van der Waals surface area contributed by atoms with Crippen LogP contribution < -0.4 is 48.0 Å². The van der Waals surface area contributed by atoms with E-state index in [-0.39, 0.29) is 67.4 Å². The van der Waals surface area contributed by atoms with Crippen LogP contribution in [0.2, 0.25) is 0 Å². The van der Waals surface area contributed by atoms with Gasteiger partial charge in [0.1, 0.15) is 0 Å². The Morgan fingerprint density at radius 1 is 0.538 bits per heavy atom. The van der Waals surface area contributed by atoms with Crippen molar-refractivity contribution >= 4 is 10.8 Å². The second-order valence-corrected chi connectivity index (χ2v) is 2.35. The van der Waals surface area contributed by atoms with Crippen molar-refractivity contribution in [1.82, 2.24) is 0 Å². The summed E-state index contributed by atoms with van der Waals surface area (Å²) in [6.45, 7) is 0. The van der Waals surface area contributed by atoms with Gasteiger partial charge in [0.05, 0.1) is 0 Å². The van der Waals surface area contributed by atoms with E-state index >= 15 is 0 Å². The fourth-order valence-electron chi connectivity index (χ4n) is 1.13. The molecule has 0 N–H and O–H groups in total. The summed E-state index contributed by atoms with van der Waals surface area (Å²) in [5, 5.41) is 2.62. The fraction of sp³-hybridized carbons (Fsp3) is 0. The Hall–Kier alpha value is 0.783. The minimum Gasteiger partial charge on any atom is -1.00 e. The molecule has 0 unspecified atom stereocenters. The van der Waals surface area contributed by atoms with Gasteiger partial charge in [0.2, 0.25) is 0 Å². The molecule has 2 rings (SSSR count). The van der Waals surface area contributed by atoms with Crippen molar-refractivity contribution in [2.45, 2.75) is 0 Å². The molecule has 0 saturated carbocycles. The van der Waals surface area contributed by atoms with Gasteiger partial charge in [-0.15, -0.1) is 0 Å². The summed E-state index contributed by atoms with van der Waals surface area (Å²) in [6.07, 6.45) is 0. The van der Waals surface area contributed by atoms with Crippen molar-refractivity contribution in [2.24, 2.45) is 0 Å². The molecule has 0 aliphatic carbocycles. The molecule has 0 radical (unpaired) electrons. The van der Waals surface area contributed by atoms with Crippen LogP contribution in [0.25, 0.3) is 10.8 Å². The van der Waals surface area contributed by atoms with Crippen molar-refractivity contribution in [3.8, 4) is 0 Å². The van der Waals surface area contributed by atoms with Crippen LogP contribution in [-0.4, -0.2) is 0 Å². The Morgan fingerprint density at radius 3 is 1.00 bits per heavy atom. The molecule has 0 amide bonds. The first-order valence-electron chi connectivity index (χ1n) is 3.40. The van der Waals surface area contributed by atoms with E-state index in [1.165, 1.54) is 10.8 Å². The van der Waals surface area contributed by atoms with Crippen molar-refractivity contribution in [3.05, 3.63) is 48.5 Å². The molecular formula is C10H8I2Ru. The van der Waals surface area contributed by atoms with Crippen LogP contribution in [-0.2, 0) is 19.5 Å². The van der Waals surface area contributed by atoms with Gasteiger partial charge < -0.3 is 48.0 Å². The Balaban J connectivity index is 0. The van der Waals surface area contributed by atoms with Gasteiger partial charge in [0.15, 0.2) is 0 Å². The Bertz CT molecular complexity index is 284. The summed E-state index contributed by atoms with van der Waals surface area (Å²) in [5.41, 5.74) is 0. The van der Waals surface area contributed by atoms with Crippen molar-refractivity contribution < 1.29 is 67.4 Å². The Kier molecular flexibility index (Phi) is 10.1. The largest absolute Gasteiger partial charge is 2.00 e. The average Bonchev–Trinajstić information content (AvgIpc) is 2.05. The number of halogens is 2. The first-order chi connectivity index (χ1) is 4.97. The third-order valence-corrected chi connectivity index (χ3v) is 1.66. The monoisotopic (exact) mass is 484 g/mol. The minimum absolute atomic E-state index is 0. The fourth-order valence-corrected chi connectivity index (χ4v) is 1.13. The van der Waals surface area contributed by atoms with E-state index in [2.05, 4.69) is 48.5 Å². The molecule has 0 spiro atoms. The molecule has 0 atom stereocenters. The third-order valence-electron chi connectivity index (χ3n) is 1.66. The van der Waals surface area contributed by atoms with E-state index in [0.717, 1.165) is 0 Å². The van der Waals surface area contributed by atoms with E-state index in [9.17, 15) is 0 Å². The van der Waals surface area contributed by atoms with E-state index in [1.807, 2.05) is 0 Å². The molecule has 0 bridgehead atoms. The molecule has 2 aromatic rings. The molecule has 70 valence electrons. The van der Waals surface area contributed by atoms with Crippen molar-refractivity contribution in [3.63, 3.8) is 0 Å². The minimum atomic E-state index is 0. The predicted octanol–water partition coefficient (Wildman–Crippen LogP) is -3.15. The van der Waals surface area contributed by atoms with Crippen LogP contribution in [0.15, 0.2) is 48.5 Å². The van der Waals surface area contributed by atoms with Gasteiger partial charge in [-0.3, -0.25) is 0 Å². The molecule has 0 nitrogen and oxygen atoms in total. The number of hydrogen-bond donors (Lipinski definition) is 0. The quantitative estimate of drug-likeness (QED) is 0.275. The summed E-state index contributed by atoms with van der Waals surface area (Å²) < 4.78 is 0. The molecule has 3 heteroatoms. The van der Waals surface area contributed by atoms with Crippen LogP contribution in [0.3, 0.4) is 0 Å². The van der Waals surface area contributed by atoms with Gasteiger partial charge >= 0.3 is 19.5 Å². The molecule has 0 aliphatic heterocycles. The normalized spacial score (nSPS) is 7.69. The molecule has 0 saturated heterocycles. The SMILES string of the molecule is [I-].[I-].[Ru+2].c1ccc2ccccc2c1. The Morgan fingerprint density at radius 2 is 0.769 bits per heavy atom. The van der Waals surface area contributed by atoms with Crippen LogP contribution in [0.5, 0.6) is 0 Å². The zero-order chi connectivity index (χ0) is 6.81. The van der Waals surface area contributed by atoms with Crippen LogP contribution >= 0.6 is 0 Å². The molecule has 0 aliphatic rings. The second kappa shape index (κ2) is 8.12. The maximum absolute atomic E-state index is 2.12. The van der Waals surface area contributed by atoms with Gasteiger partial charge in [-0.2, -0.15) is 0 Å². The first-order valence-corrected chi connectivity index (χ1v) is 3.40. The zero-order valence-electron chi connectivity index (χ0n) is 6.73. The summed E-state index contributed by atoms with van der Waals surface area (Å²) in [4.78, 5) is 0. The van der Waals surface area contributed by atoms with Crippen molar-refractivity contribution in [2.75, 3.05) is 0 Å². The zero-order valence-corrected chi connectivity index (χ0v) is 12.8. The molecule has 0 fully saturated rings. The number of hydrogen-bond acceptors (Lipinski definition) is 0. The van der Waals surface area contributed by atoms with E-state index < -0.39 is 0 Å². The van der Waals surface area contributed by atoms with E-state index in [4.69, 9.17) is 0 Å². The van der Waals surface area contributed by atoms with Gasteiger partial charge in [0.25, 0.3) is 0 Å². The maximum atomic E-state index is 2.12. The van der Waals surface area contributed by atoms with E-state index in [1.54, 1.807) is 0 Å². The third kappa shape index (κ3) is 4.21. The van der Waals surface area contributed by atoms with Crippen LogP contribution in [0.4, 0.5) is 0 Å². The van der Waals surface area contributed by atoms with E-state index in [0.29, 0.717) is 0 Å². The summed E-state index contributed by atoms with van der Waals surface area (Å²) in [7, 11) is 0. The molecule has 13 heavy (non-hydrogen) atoms. The Labute approximate surface area is 125 Å².